The molecule has 0 unspecified atom stereocenters. The molecule has 0 aliphatic rings. The molecule has 25 heavy (non-hydrogen) atoms. The molecule has 1 aromatic heterocycles. The molecule has 0 amide bonds. The zero-order valence-corrected chi connectivity index (χ0v) is 15.7. The number of hydrogen-bond donors (Lipinski definition) is 1. The number of Topliss-reactive ketones (excluding diaryl/α,β-unsaturated/α-hetero) is 2. The highest BCUT2D eigenvalue weighted by atomic mass is 35.5. The van der Waals surface area contributed by atoms with Crippen LogP contribution in [0.4, 0.5) is 0 Å². The second-order valence-electron chi connectivity index (χ2n) is 5.72. The molecule has 0 saturated heterocycles. The van der Waals surface area contributed by atoms with Gasteiger partial charge in [-0.3, -0.25) is 9.59 Å². The molecular weight excluding hydrogens is 365 g/mol. The number of nitrogens with one attached hydrogen (secondary N) is 1. The third-order valence-electron chi connectivity index (χ3n) is 3.84. The molecule has 1 N–H and O–H groups in total. The molecule has 5 nitrogen and oxygen atoms in total. The van der Waals surface area contributed by atoms with Crippen LogP contribution in [0.1, 0.15) is 56.3 Å². The Morgan fingerprint density at radius 3 is 2.36 bits per heavy atom. The first kappa shape index (κ1) is 19.2. The van der Waals surface area contributed by atoms with Crippen molar-refractivity contribution in [1.82, 2.24) is 4.98 Å². The summed E-state index contributed by atoms with van der Waals surface area (Å²) in [5.74, 6) is -1.32. The number of benzene rings is 1. The smallest absolute Gasteiger partial charge is 0.340 e. The van der Waals surface area contributed by atoms with Crippen molar-refractivity contribution in [3.63, 3.8) is 0 Å². The minimum Gasteiger partial charge on any atom is -0.451 e. The van der Waals surface area contributed by atoms with Gasteiger partial charge in [-0.15, -0.1) is 0 Å². The second kappa shape index (κ2) is 7.42. The average molecular weight is 382 g/mol. The molecule has 0 radical (unpaired) electrons. The molecule has 0 bridgehead atoms. The number of carbonyl (C=O) groups is 3. The maximum atomic E-state index is 12.6. The van der Waals surface area contributed by atoms with Crippen LogP contribution in [0.5, 0.6) is 0 Å². The van der Waals surface area contributed by atoms with Gasteiger partial charge >= 0.3 is 5.97 Å². The minimum absolute atomic E-state index is 0.0811. The van der Waals surface area contributed by atoms with Gasteiger partial charge in [-0.1, -0.05) is 23.2 Å². The van der Waals surface area contributed by atoms with Crippen molar-refractivity contribution >= 4 is 40.7 Å². The summed E-state index contributed by atoms with van der Waals surface area (Å²) in [5, 5.41) is 0.511. The van der Waals surface area contributed by atoms with Gasteiger partial charge < -0.3 is 9.72 Å². The molecule has 132 valence electrons. The highest BCUT2D eigenvalue weighted by molar-refractivity contribution is 6.35. The fourth-order valence-corrected chi connectivity index (χ4v) is 3.03. The van der Waals surface area contributed by atoms with E-state index < -0.39 is 17.9 Å². The number of esters is 1. The van der Waals surface area contributed by atoms with E-state index in [-0.39, 0.29) is 22.1 Å². The fraction of sp³-hybridized carbons (Fsp3) is 0.278. The van der Waals surface area contributed by atoms with Crippen molar-refractivity contribution in [3.8, 4) is 0 Å². The quantitative estimate of drug-likeness (QED) is 0.607. The van der Waals surface area contributed by atoms with E-state index in [1.165, 1.54) is 26.0 Å². The number of ketones is 2. The number of H-pyrrole nitrogens is 1. The lowest BCUT2D eigenvalue weighted by Crippen LogP contribution is -2.25. The van der Waals surface area contributed by atoms with Crippen LogP contribution >= 0.6 is 23.2 Å². The SMILES string of the molecule is CC(=O)c1c(C)[nH]c(C(=O)[C@H](C)OC(=O)c2cc(Cl)ccc2Cl)c1C. The van der Waals surface area contributed by atoms with Gasteiger partial charge in [-0.2, -0.15) is 0 Å². The monoisotopic (exact) mass is 381 g/mol. The van der Waals surface area contributed by atoms with Gasteiger partial charge in [0.05, 0.1) is 16.3 Å². The van der Waals surface area contributed by atoms with Crippen molar-refractivity contribution in [2.24, 2.45) is 0 Å². The lowest BCUT2D eigenvalue weighted by atomic mass is 10.0. The lowest BCUT2D eigenvalue weighted by molar-refractivity contribution is 0.0317. The normalized spacial score (nSPS) is 11.9. The molecule has 1 heterocycles. The Labute approximate surface area is 155 Å². The van der Waals surface area contributed by atoms with Crippen LogP contribution in [0.3, 0.4) is 0 Å². The Morgan fingerprint density at radius 1 is 1.16 bits per heavy atom. The van der Waals surface area contributed by atoms with Crippen LogP contribution in [0.2, 0.25) is 10.0 Å². The fourth-order valence-electron chi connectivity index (χ4n) is 2.66. The van der Waals surface area contributed by atoms with Crippen LogP contribution in [0, 0.1) is 13.8 Å². The van der Waals surface area contributed by atoms with Gasteiger partial charge in [-0.05, 0) is 51.5 Å². The molecule has 2 rings (SSSR count). The molecule has 0 fully saturated rings. The van der Waals surface area contributed by atoms with E-state index in [1.807, 2.05) is 0 Å². The number of aromatic nitrogens is 1. The van der Waals surface area contributed by atoms with E-state index in [9.17, 15) is 14.4 Å². The topological polar surface area (TPSA) is 76.2 Å². The maximum Gasteiger partial charge on any atom is 0.340 e. The first-order valence-corrected chi connectivity index (χ1v) is 8.29. The summed E-state index contributed by atoms with van der Waals surface area (Å²) < 4.78 is 5.22. The van der Waals surface area contributed by atoms with Gasteiger partial charge in [-0.25, -0.2) is 4.79 Å². The Bertz CT molecular complexity index is 870. The third kappa shape index (κ3) is 3.94. The molecule has 0 spiro atoms. The molecule has 1 aromatic carbocycles. The van der Waals surface area contributed by atoms with Gasteiger partial charge in [0.15, 0.2) is 11.9 Å². The summed E-state index contributed by atoms with van der Waals surface area (Å²) in [6, 6.07) is 4.40. The van der Waals surface area contributed by atoms with E-state index in [0.717, 1.165) is 0 Å². The number of ether oxygens (including phenoxy) is 1. The predicted octanol–water partition coefficient (Wildman–Crippen LogP) is 4.57. The summed E-state index contributed by atoms with van der Waals surface area (Å²) in [5.41, 5.74) is 1.95. The number of aryl methyl sites for hydroxylation is 1. The van der Waals surface area contributed by atoms with Crippen molar-refractivity contribution < 1.29 is 19.1 Å². The predicted molar refractivity (Wildman–Crippen MR) is 95.9 cm³/mol. The van der Waals surface area contributed by atoms with Crippen molar-refractivity contribution in [3.05, 3.63) is 56.3 Å². The summed E-state index contributed by atoms with van der Waals surface area (Å²) in [6.07, 6.45) is -1.06. The van der Waals surface area contributed by atoms with Crippen LogP contribution in [0.25, 0.3) is 0 Å². The standard InChI is InChI=1S/C18H17Cl2NO4/c1-8-15(10(3)22)9(2)21-16(8)17(23)11(4)25-18(24)13-7-12(19)5-6-14(13)20/h5-7,11,21H,1-4H3/t11-/m0/s1. The Hall–Kier alpha value is -2.11. The summed E-state index contributed by atoms with van der Waals surface area (Å²) in [4.78, 5) is 39.4. The van der Waals surface area contributed by atoms with Crippen LogP contribution in [-0.4, -0.2) is 28.6 Å². The molecule has 0 aliphatic carbocycles. The van der Waals surface area contributed by atoms with E-state index in [0.29, 0.717) is 21.8 Å². The first-order chi connectivity index (χ1) is 11.6. The molecule has 7 heteroatoms. The molecule has 0 saturated carbocycles. The van der Waals surface area contributed by atoms with Crippen LogP contribution in [-0.2, 0) is 4.74 Å². The van der Waals surface area contributed by atoms with Crippen molar-refractivity contribution in [2.45, 2.75) is 33.8 Å². The van der Waals surface area contributed by atoms with Gasteiger partial charge in [0.25, 0.3) is 0 Å². The van der Waals surface area contributed by atoms with Crippen LogP contribution in [0.15, 0.2) is 18.2 Å². The molecule has 1 atom stereocenters. The number of carbonyl (C=O) groups excluding carboxylic acids is 3. The molecule has 0 aliphatic heterocycles. The lowest BCUT2D eigenvalue weighted by Gasteiger charge is -2.13. The maximum absolute atomic E-state index is 12.6. The zero-order valence-electron chi connectivity index (χ0n) is 14.2. The summed E-state index contributed by atoms with van der Waals surface area (Å²) in [7, 11) is 0. The third-order valence-corrected chi connectivity index (χ3v) is 4.40. The van der Waals surface area contributed by atoms with Gasteiger partial charge in [0.2, 0.25) is 5.78 Å². The average Bonchev–Trinajstić information content (AvgIpc) is 2.83. The second-order valence-corrected chi connectivity index (χ2v) is 6.56. The highest BCUT2D eigenvalue weighted by Crippen LogP contribution is 2.23. The van der Waals surface area contributed by atoms with Crippen LogP contribution < -0.4 is 0 Å². The van der Waals surface area contributed by atoms with Gasteiger partial charge in [0.1, 0.15) is 0 Å². The molecular formula is C18H17Cl2NO4. The number of rotatable bonds is 5. The zero-order chi connectivity index (χ0) is 18.9. The van der Waals surface area contributed by atoms with E-state index in [1.54, 1.807) is 19.9 Å². The van der Waals surface area contributed by atoms with E-state index in [2.05, 4.69) is 4.98 Å². The highest BCUT2D eigenvalue weighted by Gasteiger charge is 2.26. The van der Waals surface area contributed by atoms with Crippen molar-refractivity contribution in [1.29, 1.82) is 0 Å². The van der Waals surface area contributed by atoms with Gasteiger partial charge in [0, 0.05) is 16.3 Å². The number of aromatic amines is 1. The number of hydrogen-bond acceptors (Lipinski definition) is 4. The number of halogens is 2. The summed E-state index contributed by atoms with van der Waals surface area (Å²) >= 11 is 11.8. The Morgan fingerprint density at radius 2 is 1.80 bits per heavy atom. The molecule has 2 aromatic rings. The first-order valence-electron chi connectivity index (χ1n) is 7.53. The Balaban J connectivity index is 2.24. The van der Waals surface area contributed by atoms with E-state index in [4.69, 9.17) is 27.9 Å². The largest absolute Gasteiger partial charge is 0.451 e. The summed E-state index contributed by atoms with van der Waals surface area (Å²) in [6.45, 7) is 6.28. The van der Waals surface area contributed by atoms with E-state index >= 15 is 0 Å². The van der Waals surface area contributed by atoms with Crippen molar-refractivity contribution in [2.75, 3.05) is 0 Å². The Kier molecular flexibility index (Phi) is 5.70. The minimum atomic E-state index is -1.06.